The van der Waals surface area contributed by atoms with E-state index in [0.29, 0.717) is 10.8 Å². The fraction of sp³-hybridized carbons (Fsp3) is 0.429. The van der Waals surface area contributed by atoms with Crippen LogP contribution in [0.1, 0.15) is 5.69 Å². The van der Waals surface area contributed by atoms with Crippen molar-refractivity contribution in [3.8, 4) is 0 Å². The number of nitrogens with one attached hydrogen (secondary N) is 1. The van der Waals surface area contributed by atoms with Crippen molar-refractivity contribution in [3.63, 3.8) is 0 Å². The van der Waals surface area contributed by atoms with E-state index in [2.05, 4.69) is 10.3 Å². The first-order chi connectivity index (χ1) is 11.9. The van der Waals surface area contributed by atoms with Gasteiger partial charge in [-0.3, -0.25) is 14.4 Å². The third-order valence-corrected chi connectivity index (χ3v) is 6.02. The molecule has 1 aromatic rings. The average Bonchev–Trinajstić information content (AvgIpc) is 3.17. The third kappa shape index (κ3) is 3.34. The number of carboxylic acids is 1. The van der Waals surface area contributed by atoms with Gasteiger partial charge < -0.3 is 25.8 Å². The molecule has 0 radical (unpaired) electrons. The molecule has 0 spiro atoms. The zero-order chi connectivity index (χ0) is 18.1. The van der Waals surface area contributed by atoms with E-state index in [9.17, 15) is 14.4 Å². The highest BCUT2D eigenvalue weighted by atomic mass is 32.2. The molecule has 2 saturated heterocycles. The molecule has 0 bridgehead atoms. The largest absolute Gasteiger partial charge is 0.480 e. The minimum absolute atomic E-state index is 0.158. The van der Waals surface area contributed by atoms with Gasteiger partial charge in [0.2, 0.25) is 5.91 Å². The number of nitrogens with two attached hydrogens (primary N) is 1. The second-order valence-corrected chi connectivity index (χ2v) is 7.65. The van der Waals surface area contributed by atoms with Crippen molar-refractivity contribution in [1.82, 2.24) is 15.2 Å². The molecule has 2 aliphatic heterocycles. The highest BCUT2D eigenvalue weighted by Crippen LogP contribution is 2.40. The van der Waals surface area contributed by atoms with Gasteiger partial charge in [0, 0.05) is 19.0 Å². The van der Waals surface area contributed by atoms with Gasteiger partial charge in [-0.1, -0.05) is 0 Å². The Balaban J connectivity index is 1.72. The Morgan fingerprint density at radius 3 is 2.96 bits per heavy atom. The summed E-state index contributed by atoms with van der Waals surface area (Å²) in [5.41, 5.74) is 6.29. The second-order valence-electron chi connectivity index (χ2n) is 5.44. The summed E-state index contributed by atoms with van der Waals surface area (Å²) in [6.07, 6.45) is 1.56. The molecular formula is C14H16N4O5S2. The van der Waals surface area contributed by atoms with Crippen LogP contribution in [0.15, 0.2) is 11.5 Å². The molecule has 9 nitrogen and oxygen atoms in total. The highest BCUT2D eigenvalue weighted by Gasteiger charge is 2.55. The number of β-lactam (4-membered cyclic amide) rings is 1. The molecule has 0 saturated carbocycles. The monoisotopic (exact) mass is 384 g/mol. The van der Waals surface area contributed by atoms with Crippen molar-refractivity contribution in [3.05, 3.63) is 17.2 Å². The maximum absolute atomic E-state index is 12.6. The Hall–Kier alpha value is -2.11. The smallest absolute Gasteiger partial charge is 0.318 e. The van der Waals surface area contributed by atoms with Crippen LogP contribution >= 0.6 is 23.1 Å². The Kier molecular flexibility index (Phi) is 4.97. The first-order valence-corrected chi connectivity index (χ1v) is 9.14. The van der Waals surface area contributed by atoms with E-state index in [0.717, 1.165) is 11.8 Å². The number of hydrogen-bond acceptors (Lipinski definition) is 8. The van der Waals surface area contributed by atoms with Crippen LogP contribution in [0.2, 0.25) is 0 Å². The number of hydrogen-bond donors (Lipinski definition) is 3. The Labute approximate surface area is 151 Å². The van der Waals surface area contributed by atoms with E-state index in [1.807, 2.05) is 0 Å². The summed E-state index contributed by atoms with van der Waals surface area (Å²) in [6, 6.07) is -0.747. The van der Waals surface area contributed by atoms with Crippen molar-refractivity contribution in [2.75, 3.05) is 26.0 Å². The highest BCUT2D eigenvalue weighted by molar-refractivity contribution is 8.01. The van der Waals surface area contributed by atoms with Gasteiger partial charge in [0.25, 0.3) is 5.91 Å². The molecule has 2 amide bonds. The normalized spacial score (nSPS) is 25.5. The molecule has 3 rings (SSSR count). The third-order valence-electron chi connectivity index (χ3n) is 3.87. The van der Waals surface area contributed by atoms with Crippen molar-refractivity contribution in [2.45, 2.75) is 16.7 Å². The molecule has 3 heterocycles. The van der Waals surface area contributed by atoms with Crippen molar-refractivity contribution in [1.29, 1.82) is 0 Å². The molecular weight excluding hydrogens is 368 g/mol. The second kappa shape index (κ2) is 7.02. The number of fused-ring (bicyclic) bond motifs is 1. The van der Waals surface area contributed by atoms with Crippen LogP contribution < -0.4 is 11.1 Å². The van der Waals surface area contributed by atoms with Gasteiger partial charge in [0.05, 0.1) is 17.9 Å². The van der Waals surface area contributed by atoms with Gasteiger partial charge in [-0.25, -0.2) is 4.98 Å². The lowest BCUT2D eigenvalue weighted by atomic mass is 10.1. The molecule has 25 heavy (non-hydrogen) atoms. The average molecular weight is 384 g/mol. The van der Waals surface area contributed by atoms with Gasteiger partial charge in [-0.2, -0.15) is 0 Å². The quantitative estimate of drug-likeness (QED) is 0.446. The van der Waals surface area contributed by atoms with Gasteiger partial charge >= 0.3 is 5.97 Å². The number of aliphatic carboxylic acids is 1. The lowest BCUT2D eigenvalue weighted by Crippen LogP contribution is -2.67. The summed E-state index contributed by atoms with van der Waals surface area (Å²) in [5.74, 6) is -1.71. The number of carbonyl (C=O) groups is 3. The number of thioether (sulfide) groups is 1. The molecule has 4 N–H and O–H groups in total. The number of nitrogen functional groups attached to an aromatic ring is 1. The van der Waals surface area contributed by atoms with Gasteiger partial charge in [0.1, 0.15) is 16.7 Å². The minimum Gasteiger partial charge on any atom is -0.480 e. The van der Waals surface area contributed by atoms with E-state index < -0.39 is 23.2 Å². The number of nitrogens with zero attached hydrogens (tertiary/aromatic N) is 2. The maximum Gasteiger partial charge on any atom is 0.318 e. The number of aromatic nitrogens is 1. The minimum atomic E-state index is -0.962. The summed E-state index contributed by atoms with van der Waals surface area (Å²) in [5, 5.41) is 12.7. The number of ether oxygens (including phenoxy) is 1. The number of carboxylic acid groups (broad SMARTS) is 1. The number of methoxy groups -OCH3 is 1. The topological polar surface area (TPSA) is 135 Å². The fourth-order valence-electron chi connectivity index (χ4n) is 2.64. The van der Waals surface area contributed by atoms with Crippen LogP contribution in [0.4, 0.5) is 5.13 Å². The molecule has 0 aromatic carbocycles. The van der Waals surface area contributed by atoms with E-state index in [1.165, 1.54) is 23.3 Å². The lowest BCUT2D eigenvalue weighted by molar-refractivity contribution is -0.147. The van der Waals surface area contributed by atoms with E-state index in [-0.39, 0.29) is 30.0 Å². The van der Waals surface area contributed by atoms with Crippen LogP contribution in [0, 0.1) is 0 Å². The Morgan fingerprint density at radius 1 is 1.60 bits per heavy atom. The van der Waals surface area contributed by atoms with Gasteiger partial charge in [-0.05, 0) is 6.08 Å². The van der Waals surface area contributed by atoms with Crippen LogP contribution in [0.25, 0.3) is 5.57 Å². The molecule has 2 fully saturated rings. The SMILES string of the molecule is COCC=C(C(=O)NC1C(=O)N2CC(C(=O)O)S[C@H]12)c1csc(N)n1. The lowest BCUT2D eigenvalue weighted by Gasteiger charge is -2.41. The standard InChI is InChI=1S/C14H16N4O5S2/c1-23-3-2-6(7-5-24-14(15)16-7)10(19)17-9-11(20)18-4-8(13(21)22)25-12(9)18/h2,5,8-9,12H,3-4H2,1H3,(H2,15,16)(H,17,19)(H,21,22)/t8?,9?,12-/m1/s1. The fourth-order valence-corrected chi connectivity index (χ4v) is 4.58. The van der Waals surface area contributed by atoms with E-state index >= 15 is 0 Å². The zero-order valence-corrected chi connectivity index (χ0v) is 14.8. The first-order valence-electron chi connectivity index (χ1n) is 7.32. The number of amides is 2. The van der Waals surface area contributed by atoms with Crippen LogP contribution in [0.5, 0.6) is 0 Å². The predicted octanol–water partition coefficient (Wildman–Crippen LogP) is -0.392. The van der Waals surface area contributed by atoms with Crippen molar-refractivity contribution in [2.24, 2.45) is 0 Å². The summed E-state index contributed by atoms with van der Waals surface area (Å²) in [4.78, 5) is 41.4. The van der Waals surface area contributed by atoms with E-state index in [4.69, 9.17) is 15.6 Å². The molecule has 2 aliphatic rings. The maximum atomic E-state index is 12.6. The Bertz CT molecular complexity index is 749. The summed E-state index contributed by atoms with van der Waals surface area (Å²) in [6.45, 7) is 0.356. The van der Waals surface area contributed by atoms with Crippen LogP contribution in [0.3, 0.4) is 0 Å². The molecule has 3 atom stereocenters. The number of thiazole rings is 1. The van der Waals surface area contributed by atoms with Gasteiger partial charge in [0.15, 0.2) is 5.13 Å². The molecule has 0 aliphatic carbocycles. The first kappa shape index (κ1) is 17.7. The zero-order valence-electron chi connectivity index (χ0n) is 13.2. The summed E-state index contributed by atoms with van der Waals surface area (Å²) >= 11 is 2.37. The van der Waals surface area contributed by atoms with Crippen molar-refractivity contribution < 1.29 is 24.2 Å². The number of carbonyl (C=O) groups excluding carboxylic acids is 2. The molecule has 11 heteroatoms. The number of rotatable bonds is 6. The summed E-state index contributed by atoms with van der Waals surface area (Å²) < 4.78 is 4.97. The van der Waals surface area contributed by atoms with Gasteiger partial charge in [-0.15, -0.1) is 23.1 Å². The van der Waals surface area contributed by atoms with Crippen LogP contribution in [-0.2, 0) is 19.1 Å². The number of anilines is 1. The van der Waals surface area contributed by atoms with Crippen molar-refractivity contribution >= 4 is 51.6 Å². The van der Waals surface area contributed by atoms with Crippen LogP contribution in [-0.4, -0.2) is 69.7 Å². The Morgan fingerprint density at radius 2 is 2.36 bits per heavy atom. The molecule has 2 unspecified atom stereocenters. The molecule has 134 valence electrons. The predicted molar refractivity (Wildman–Crippen MR) is 92.8 cm³/mol. The summed E-state index contributed by atoms with van der Waals surface area (Å²) in [7, 11) is 1.50. The van der Waals surface area contributed by atoms with E-state index in [1.54, 1.807) is 11.5 Å². The molecule has 1 aromatic heterocycles.